The first-order valence-electron chi connectivity index (χ1n) is 8.37. The molecule has 0 saturated carbocycles. The minimum Gasteiger partial charge on any atom is -0.484 e. The molecular weight excluding hydrogens is 348 g/mol. The molecule has 0 bridgehead atoms. The van der Waals surface area contributed by atoms with Crippen LogP contribution >= 0.6 is 0 Å². The van der Waals surface area contributed by atoms with Gasteiger partial charge in [0.05, 0.1) is 0 Å². The van der Waals surface area contributed by atoms with E-state index < -0.39 is 11.8 Å². The fourth-order valence-corrected chi connectivity index (χ4v) is 2.56. The van der Waals surface area contributed by atoms with Gasteiger partial charge in [-0.05, 0) is 60.9 Å². The van der Waals surface area contributed by atoms with Gasteiger partial charge in [-0.15, -0.1) is 0 Å². The van der Waals surface area contributed by atoms with Crippen LogP contribution in [0.25, 0.3) is 6.08 Å². The Kier molecular flexibility index (Phi) is 5.61. The standard InChI is InChI=1S/C20H20N2O5/c1-13-7-14(2)9-16(8-13)25-11-20(24)22-21-19(23)6-4-15-3-5-17-18(10-15)27-12-26-17/h3-10H,11-12H2,1-2H3,(H,21,23)(H,22,24). The van der Waals surface area contributed by atoms with E-state index in [1.165, 1.54) is 6.08 Å². The number of hydrogen-bond acceptors (Lipinski definition) is 5. The maximum atomic E-state index is 11.8. The predicted molar refractivity (Wildman–Crippen MR) is 99.3 cm³/mol. The third kappa shape index (κ3) is 5.24. The van der Waals surface area contributed by atoms with E-state index in [1.807, 2.05) is 32.0 Å². The summed E-state index contributed by atoms with van der Waals surface area (Å²) in [5.41, 5.74) is 7.48. The summed E-state index contributed by atoms with van der Waals surface area (Å²) in [5.74, 6) is 0.991. The fraction of sp³-hybridized carbons (Fsp3) is 0.200. The topological polar surface area (TPSA) is 85.9 Å². The van der Waals surface area contributed by atoms with Crippen molar-refractivity contribution in [3.05, 3.63) is 59.2 Å². The molecule has 1 aliphatic rings. The lowest BCUT2D eigenvalue weighted by Gasteiger charge is -2.09. The summed E-state index contributed by atoms with van der Waals surface area (Å²) in [7, 11) is 0. The highest BCUT2D eigenvalue weighted by atomic mass is 16.7. The number of carbonyl (C=O) groups excluding carboxylic acids is 2. The number of hydrazine groups is 1. The van der Waals surface area contributed by atoms with Crippen molar-refractivity contribution in [2.24, 2.45) is 0 Å². The molecule has 0 spiro atoms. The van der Waals surface area contributed by atoms with Crippen molar-refractivity contribution < 1.29 is 23.8 Å². The molecule has 0 radical (unpaired) electrons. The van der Waals surface area contributed by atoms with Crippen LogP contribution in [0.15, 0.2) is 42.5 Å². The summed E-state index contributed by atoms with van der Waals surface area (Å²) < 4.78 is 15.9. The van der Waals surface area contributed by atoms with Crippen molar-refractivity contribution in [3.63, 3.8) is 0 Å². The second kappa shape index (κ2) is 8.27. The van der Waals surface area contributed by atoms with Crippen LogP contribution in [0, 0.1) is 13.8 Å². The van der Waals surface area contributed by atoms with Gasteiger partial charge in [-0.3, -0.25) is 20.4 Å². The molecule has 2 N–H and O–H groups in total. The molecule has 140 valence electrons. The summed E-state index contributed by atoms with van der Waals surface area (Å²) in [6.45, 7) is 3.90. The summed E-state index contributed by atoms with van der Waals surface area (Å²) in [4.78, 5) is 23.6. The van der Waals surface area contributed by atoms with Gasteiger partial charge in [-0.1, -0.05) is 12.1 Å². The van der Waals surface area contributed by atoms with Crippen LogP contribution in [-0.4, -0.2) is 25.2 Å². The molecule has 0 atom stereocenters. The average molecular weight is 368 g/mol. The third-order valence-corrected chi connectivity index (χ3v) is 3.71. The second-order valence-corrected chi connectivity index (χ2v) is 6.10. The Labute approximate surface area is 156 Å². The molecule has 27 heavy (non-hydrogen) atoms. The number of ether oxygens (including phenoxy) is 3. The monoisotopic (exact) mass is 368 g/mol. The van der Waals surface area contributed by atoms with Gasteiger partial charge in [0, 0.05) is 6.08 Å². The summed E-state index contributed by atoms with van der Waals surface area (Å²) in [6.07, 6.45) is 2.91. The van der Waals surface area contributed by atoms with Gasteiger partial charge in [-0.25, -0.2) is 0 Å². The zero-order chi connectivity index (χ0) is 19.2. The quantitative estimate of drug-likeness (QED) is 0.625. The summed E-state index contributed by atoms with van der Waals surface area (Å²) >= 11 is 0. The van der Waals surface area contributed by atoms with Gasteiger partial charge in [0.25, 0.3) is 11.8 Å². The molecule has 1 heterocycles. The number of amides is 2. The first-order chi connectivity index (χ1) is 13.0. The normalized spacial score (nSPS) is 12.1. The lowest BCUT2D eigenvalue weighted by Crippen LogP contribution is -2.43. The Morgan fingerprint density at radius 2 is 1.78 bits per heavy atom. The number of benzene rings is 2. The first-order valence-corrected chi connectivity index (χ1v) is 8.37. The second-order valence-electron chi connectivity index (χ2n) is 6.10. The number of hydrogen-bond donors (Lipinski definition) is 2. The lowest BCUT2D eigenvalue weighted by atomic mass is 10.1. The molecule has 3 rings (SSSR count). The van der Waals surface area contributed by atoms with Gasteiger partial charge in [-0.2, -0.15) is 0 Å². The van der Waals surface area contributed by atoms with E-state index >= 15 is 0 Å². The van der Waals surface area contributed by atoms with Crippen molar-refractivity contribution in [2.75, 3.05) is 13.4 Å². The number of aryl methyl sites for hydroxylation is 2. The molecule has 2 aromatic carbocycles. The highest BCUT2D eigenvalue weighted by Gasteiger charge is 2.12. The predicted octanol–water partition coefficient (Wildman–Crippen LogP) is 2.27. The van der Waals surface area contributed by atoms with E-state index in [0.29, 0.717) is 17.2 Å². The minimum absolute atomic E-state index is 0.194. The smallest absolute Gasteiger partial charge is 0.276 e. The van der Waals surface area contributed by atoms with Gasteiger partial charge in [0.1, 0.15) is 5.75 Å². The Bertz CT molecular complexity index is 872. The highest BCUT2D eigenvalue weighted by molar-refractivity contribution is 5.93. The van der Waals surface area contributed by atoms with Crippen molar-refractivity contribution in [2.45, 2.75) is 13.8 Å². The molecule has 7 heteroatoms. The van der Waals surface area contributed by atoms with Crippen LogP contribution in [0.3, 0.4) is 0 Å². The SMILES string of the molecule is Cc1cc(C)cc(OCC(=O)NNC(=O)C=Cc2ccc3c(c2)OCO3)c1. The molecule has 1 aliphatic heterocycles. The first kappa shape index (κ1) is 18.3. The Hall–Kier alpha value is -3.48. The maximum Gasteiger partial charge on any atom is 0.276 e. The zero-order valence-electron chi connectivity index (χ0n) is 15.1. The molecule has 0 aromatic heterocycles. The van der Waals surface area contributed by atoms with Crippen molar-refractivity contribution in [1.82, 2.24) is 10.9 Å². The van der Waals surface area contributed by atoms with Crippen molar-refractivity contribution in [1.29, 1.82) is 0 Å². The van der Waals surface area contributed by atoms with Crippen LogP contribution in [0.5, 0.6) is 17.2 Å². The van der Waals surface area contributed by atoms with E-state index in [9.17, 15) is 9.59 Å². The highest BCUT2D eigenvalue weighted by Crippen LogP contribution is 2.32. The van der Waals surface area contributed by atoms with Crippen LogP contribution in [-0.2, 0) is 9.59 Å². The van der Waals surface area contributed by atoms with E-state index in [4.69, 9.17) is 14.2 Å². The van der Waals surface area contributed by atoms with E-state index in [1.54, 1.807) is 24.3 Å². The lowest BCUT2D eigenvalue weighted by molar-refractivity contribution is -0.128. The minimum atomic E-state index is -0.465. The molecule has 7 nitrogen and oxygen atoms in total. The molecule has 0 aliphatic carbocycles. The largest absolute Gasteiger partial charge is 0.484 e. The van der Waals surface area contributed by atoms with Crippen LogP contribution < -0.4 is 25.1 Å². The van der Waals surface area contributed by atoms with Crippen LogP contribution in [0.2, 0.25) is 0 Å². The Morgan fingerprint density at radius 1 is 1.04 bits per heavy atom. The third-order valence-electron chi connectivity index (χ3n) is 3.71. The molecule has 0 unspecified atom stereocenters. The molecule has 2 amide bonds. The molecule has 0 saturated heterocycles. The van der Waals surface area contributed by atoms with E-state index in [2.05, 4.69) is 10.9 Å². The maximum absolute atomic E-state index is 11.8. The molecule has 2 aromatic rings. The van der Waals surface area contributed by atoms with Gasteiger partial charge >= 0.3 is 0 Å². The Balaban J connectivity index is 1.43. The number of fused-ring (bicyclic) bond motifs is 1. The van der Waals surface area contributed by atoms with E-state index in [-0.39, 0.29) is 13.4 Å². The number of rotatable bonds is 5. The molecule has 0 fully saturated rings. The zero-order valence-corrected chi connectivity index (χ0v) is 15.1. The van der Waals surface area contributed by atoms with Gasteiger partial charge in [0.15, 0.2) is 18.1 Å². The van der Waals surface area contributed by atoms with Crippen molar-refractivity contribution in [3.8, 4) is 17.2 Å². The van der Waals surface area contributed by atoms with Crippen molar-refractivity contribution >= 4 is 17.9 Å². The summed E-state index contributed by atoms with van der Waals surface area (Å²) in [6, 6.07) is 11.0. The number of nitrogens with one attached hydrogen (secondary N) is 2. The van der Waals surface area contributed by atoms with Crippen LogP contribution in [0.1, 0.15) is 16.7 Å². The summed E-state index contributed by atoms with van der Waals surface area (Å²) in [5, 5.41) is 0. The Morgan fingerprint density at radius 3 is 2.56 bits per heavy atom. The average Bonchev–Trinajstić information content (AvgIpc) is 3.10. The van der Waals surface area contributed by atoms with Gasteiger partial charge < -0.3 is 14.2 Å². The van der Waals surface area contributed by atoms with Crippen LogP contribution in [0.4, 0.5) is 0 Å². The van der Waals surface area contributed by atoms with Gasteiger partial charge in [0.2, 0.25) is 6.79 Å². The number of carbonyl (C=O) groups is 2. The fourth-order valence-electron chi connectivity index (χ4n) is 2.56. The van der Waals surface area contributed by atoms with E-state index in [0.717, 1.165) is 16.7 Å². The molecular formula is C20H20N2O5.